The molecule has 0 fully saturated rings. The molecule has 2 aromatic carbocycles. The Morgan fingerprint density at radius 2 is 1.68 bits per heavy atom. The SMILES string of the molecule is CN(CCc1ccccn1)c1[nH+]ccc2nc(-c3ccc(C[NH3+])cc3)c(-c3ccccc3)cc12. The molecule has 4 N–H and O–H groups in total. The Bertz CT molecular complexity index is 1380. The quantitative estimate of drug-likeness (QED) is 0.407. The topological polar surface area (TPSA) is 70.8 Å². The molecule has 0 unspecified atom stereocenters. The highest BCUT2D eigenvalue weighted by molar-refractivity contribution is 5.96. The van der Waals surface area contributed by atoms with Gasteiger partial charge in [-0.2, -0.15) is 0 Å². The minimum Gasteiger partial charge on any atom is -0.354 e. The number of rotatable bonds is 7. The molecule has 0 saturated heterocycles. The Morgan fingerprint density at radius 1 is 0.882 bits per heavy atom. The highest BCUT2D eigenvalue weighted by atomic mass is 15.2. The van der Waals surface area contributed by atoms with E-state index < -0.39 is 0 Å². The van der Waals surface area contributed by atoms with E-state index in [0.29, 0.717) is 0 Å². The summed E-state index contributed by atoms with van der Waals surface area (Å²) < 4.78 is 0. The van der Waals surface area contributed by atoms with Gasteiger partial charge in [-0.25, -0.2) is 9.97 Å². The fourth-order valence-electron chi connectivity index (χ4n) is 4.26. The zero-order valence-corrected chi connectivity index (χ0v) is 19.4. The van der Waals surface area contributed by atoms with E-state index in [1.54, 1.807) is 0 Å². The van der Waals surface area contributed by atoms with Crippen LogP contribution in [-0.2, 0) is 13.0 Å². The van der Waals surface area contributed by atoms with Crippen molar-refractivity contribution in [3.63, 3.8) is 0 Å². The van der Waals surface area contributed by atoms with Crippen molar-refractivity contribution in [1.29, 1.82) is 0 Å². The van der Waals surface area contributed by atoms with E-state index in [0.717, 1.165) is 64.3 Å². The van der Waals surface area contributed by atoms with Crippen LogP contribution in [-0.4, -0.2) is 23.6 Å². The second kappa shape index (κ2) is 9.81. The van der Waals surface area contributed by atoms with E-state index in [9.17, 15) is 0 Å². The molecule has 5 heteroatoms. The number of nitrogens with zero attached hydrogens (tertiary/aromatic N) is 3. The molecule has 5 aromatic rings. The highest BCUT2D eigenvalue weighted by Crippen LogP contribution is 2.35. The monoisotopic (exact) mass is 447 g/mol. The number of pyridine rings is 3. The molecule has 0 aliphatic rings. The van der Waals surface area contributed by atoms with Gasteiger partial charge in [0.15, 0.2) is 0 Å². The largest absolute Gasteiger partial charge is 0.354 e. The molecular formula is C29H29N5+2. The molecule has 0 atom stereocenters. The van der Waals surface area contributed by atoms with Crippen molar-refractivity contribution >= 4 is 16.7 Å². The Balaban J connectivity index is 1.60. The lowest BCUT2D eigenvalue weighted by atomic mass is 9.97. The van der Waals surface area contributed by atoms with Crippen molar-refractivity contribution in [2.24, 2.45) is 0 Å². The molecule has 3 heterocycles. The highest BCUT2D eigenvalue weighted by Gasteiger charge is 2.19. The van der Waals surface area contributed by atoms with E-state index in [4.69, 9.17) is 4.98 Å². The number of nitrogens with one attached hydrogen (secondary N) is 1. The second-order valence-corrected chi connectivity index (χ2v) is 8.45. The number of likely N-dealkylation sites (N-methyl/N-ethyl adjacent to an activating group) is 1. The molecule has 5 nitrogen and oxygen atoms in total. The molecule has 0 spiro atoms. The lowest BCUT2D eigenvalue weighted by Crippen LogP contribution is -2.47. The second-order valence-electron chi connectivity index (χ2n) is 8.45. The summed E-state index contributed by atoms with van der Waals surface area (Å²) in [6.07, 6.45) is 4.69. The van der Waals surface area contributed by atoms with Crippen LogP contribution in [0.1, 0.15) is 11.3 Å². The molecule has 34 heavy (non-hydrogen) atoms. The molecule has 5 rings (SSSR count). The van der Waals surface area contributed by atoms with E-state index in [1.807, 2.05) is 36.7 Å². The van der Waals surface area contributed by atoms with Crippen LogP contribution in [0.2, 0.25) is 0 Å². The van der Waals surface area contributed by atoms with Crippen molar-refractivity contribution < 1.29 is 10.7 Å². The van der Waals surface area contributed by atoms with E-state index in [-0.39, 0.29) is 0 Å². The van der Waals surface area contributed by atoms with Gasteiger partial charge in [-0.05, 0) is 23.8 Å². The predicted molar refractivity (Wildman–Crippen MR) is 137 cm³/mol. The molecule has 0 saturated carbocycles. The third kappa shape index (κ3) is 4.51. The van der Waals surface area contributed by atoms with Crippen molar-refractivity contribution in [2.75, 3.05) is 18.5 Å². The third-order valence-corrected chi connectivity index (χ3v) is 6.18. The number of aromatic nitrogens is 3. The number of fused-ring (bicyclic) bond motifs is 1. The lowest BCUT2D eigenvalue weighted by Gasteiger charge is -2.15. The molecular weight excluding hydrogens is 418 g/mol. The van der Waals surface area contributed by atoms with Crippen LogP contribution in [0.5, 0.6) is 0 Å². The zero-order chi connectivity index (χ0) is 23.3. The summed E-state index contributed by atoms with van der Waals surface area (Å²) in [5.41, 5.74) is 11.6. The summed E-state index contributed by atoms with van der Waals surface area (Å²) in [6, 6.07) is 29.4. The smallest absolute Gasteiger partial charge is 0.283 e. The van der Waals surface area contributed by atoms with Crippen LogP contribution in [0.15, 0.2) is 97.3 Å². The van der Waals surface area contributed by atoms with Crippen LogP contribution in [0.25, 0.3) is 33.3 Å². The van der Waals surface area contributed by atoms with Gasteiger partial charge in [-0.3, -0.25) is 9.88 Å². The Hall–Kier alpha value is -4.09. The first kappa shape index (κ1) is 21.7. The lowest BCUT2D eigenvalue weighted by molar-refractivity contribution is -0.386. The summed E-state index contributed by atoms with van der Waals surface area (Å²) in [7, 11) is 2.11. The minimum atomic E-state index is 0.779. The number of H-pyrrole nitrogens is 1. The Morgan fingerprint density at radius 3 is 2.41 bits per heavy atom. The molecule has 0 radical (unpaired) electrons. The van der Waals surface area contributed by atoms with Gasteiger partial charge in [0.2, 0.25) is 0 Å². The third-order valence-electron chi connectivity index (χ3n) is 6.18. The van der Waals surface area contributed by atoms with Crippen molar-refractivity contribution in [3.05, 3.63) is 109 Å². The molecule has 3 aromatic heterocycles. The van der Waals surface area contributed by atoms with Crippen LogP contribution < -0.4 is 15.6 Å². The fourth-order valence-corrected chi connectivity index (χ4v) is 4.26. The minimum absolute atomic E-state index is 0.779. The molecule has 168 valence electrons. The van der Waals surface area contributed by atoms with Crippen molar-refractivity contribution in [1.82, 2.24) is 9.97 Å². The van der Waals surface area contributed by atoms with Crippen LogP contribution in [0.3, 0.4) is 0 Å². The van der Waals surface area contributed by atoms with Gasteiger partial charge in [0.05, 0.1) is 42.9 Å². The molecule has 0 amide bonds. The van der Waals surface area contributed by atoms with E-state index >= 15 is 0 Å². The fraction of sp³-hybridized carbons (Fsp3) is 0.138. The van der Waals surface area contributed by atoms with Gasteiger partial charge in [-0.15, -0.1) is 0 Å². The number of aromatic amines is 1. The van der Waals surface area contributed by atoms with E-state index in [2.05, 4.69) is 88.3 Å². The Kier molecular flexibility index (Phi) is 6.27. The average Bonchev–Trinajstić information content (AvgIpc) is 2.91. The normalized spacial score (nSPS) is 11.0. The van der Waals surface area contributed by atoms with Gasteiger partial charge >= 0.3 is 0 Å². The first-order chi connectivity index (χ1) is 16.7. The zero-order valence-electron chi connectivity index (χ0n) is 19.4. The van der Waals surface area contributed by atoms with Gasteiger partial charge in [0, 0.05) is 41.1 Å². The van der Waals surface area contributed by atoms with Gasteiger partial charge in [0.25, 0.3) is 5.82 Å². The summed E-state index contributed by atoms with van der Waals surface area (Å²) in [5.74, 6) is 1.05. The average molecular weight is 448 g/mol. The van der Waals surface area contributed by atoms with Crippen LogP contribution >= 0.6 is 0 Å². The maximum Gasteiger partial charge on any atom is 0.283 e. The molecule has 0 aliphatic heterocycles. The first-order valence-electron chi connectivity index (χ1n) is 11.6. The molecule has 0 bridgehead atoms. The maximum absolute atomic E-state index is 5.16. The van der Waals surface area contributed by atoms with Gasteiger partial charge in [-0.1, -0.05) is 60.7 Å². The predicted octanol–water partition coefficient (Wildman–Crippen LogP) is 4.20. The van der Waals surface area contributed by atoms with Crippen molar-refractivity contribution in [2.45, 2.75) is 13.0 Å². The van der Waals surface area contributed by atoms with Crippen LogP contribution in [0.4, 0.5) is 5.82 Å². The van der Waals surface area contributed by atoms with Gasteiger partial charge < -0.3 is 5.73 Å². The summed E-state index contributed by atoms with van der Waals surface area (Å²) in [5, 5.41) is 1.10. The molecule has 0 aliphatic carbocycles. The van der Waals surface area contributed by atoms with Crippen molar-refractivity contribution in [3.8, 4) is 22.4 Å². The standard InChI is InChI=1S/C29H27N5/c1-34(18-15-24-9-5-6-16-31-24)29-26-19-25(22-7-3-2-4-8-22)28(33-27(26)14-17-32-29)23-12-10-21(20-30)11-13-23/h2-14,16-17,19H,15,18,20,30H2,1H3/p+2. The summed E-state index contributed by atoms with van der Waals surface area (Å²) in [6.45, 7) is 1.63. The summed E-state index contributed by atoms with van der Waals surface area (Å²) in [4.78, 5) is 15.3. The number of hydrogen-bond acceptors (Lipinski definition) is 3. The maximum atomic E-state index is 5.16. The van der Waals surface area contributed by atoms with Gasteiger partial charge in [0.1, 0.15) is 0 Å². The van der Waals surface area contributed by atoms with E-state index in [1.165, 1.54) is 5.56 Å². The Labute approximate surface area is 200 Å². The number of hydrogen-bond donors (Lipinski definition) is 1. The van der Waals surface area contributed by atoms with Crippen LogP contribution in [0, 0.1) is 0 Å². The summed E-state index contributed by atoms with van der Waals surface area (Å²) >= 11 is 0. The number of anilines is 1. The number of quaternary nitrogens is 1. The number of benzene rings is 2. The first-order valence-corrected chi connectivity index (χ1v) is 11.6.